The molecule has 0 spiro atoms. The van der Waals surface area contributed by atoms with Crippen LogP contribution in [0.25, 0.3) is 0 Å². The number of cyclic esters (lactones) is 4. The normalized spacial score (nSPS) is 34.0. The van der Waals surface area contributed by atoms with Gasteiger partial charge in [-0.1, -0.05) is 128 Å². The molecule has 14 nitrogen and oxygen atoms in total. The van der Waals surface area contributed by atoms with Gasteiger partial charge in [-0.05, 0) is 187 Å². The molecule has 15 unspecified atom stereocenters. The molecule has 8 aliphatic carbocycles. The Labute approximate surface area is 500 Å². The van der Waals surface area contributed by atoms with Crippen molar-refractivity contribution < 1.29 is 66.8 Å². The van der Waals surface area contributed by atoms with Crippen LogP contribution in [0.2, 0.25) is 0 Å². The number of hydrogen-bond donors (Lipinski definition) is 0. The third-order valence-corrected chi connectivity index (χ3v) is 22.7. The molecule has 8 saturated carbocycles. The van der Waals surface area contributed by atoms with Crippen LogP contribution >= 0.6 is 0 Å². The molecule has 0 radical (unpaired) electrons. The van der Waals surface area contributed by atoms with E-state index in [1.54, 1.807) is 27.7 Å². The van der Waals surface area contributed by atoms with Gasteiger partial charge in [-0.25, -0.2) is 0 Å². The maximum absolute atomic E-state index is 13.1. The highest BCUT2D eigenvalue weighted by atomic mass is 16.6. The standard InChI is InChI=1S/C21H34O2.C19H34O2.C16H26O4.2C6H8O3.CH4/c1-14-15(2)18-12-16(14)13-19(18)20(22)23-21(10-6-7-11-21)17-8-4-3-5-9-17;1-3-9-16(2)12-13-18(20)21-19(14-7-8-15-19)17-10-5-4-6-11-17;1-10-11(2)14-8-13(10)9-15(14)16(18)20-7-5-4-6-19-12(3)17;2*1-3-4(2)6(8)9-5(3)7;/h14-19H,3-13H2,1-2H3;16-17H,3-15H2,1-2H3;10-11,13-15H,4-9H2,1-3H3;2*3-4H,1-2H3;1H4. The summed E-state index contributed by atoms with van der Waals surface area (Å²) in [6, 6.07) is 0. The molecular weight excluding hydrogens is 1050 g/mol. The highest BCUT2D eigenvalue weighted by molar-refractivity contribution is 5.96. The van der Waals surface area contributed by atoms with Gasteiger partial charge in [0, 0.05) is 13.3 Å². The molecule has 2 aliphatic heterocycles. The van der Waals surface area contributed by atoms with E-state index in [1.807, 2.05) is 0 Å². The van der Waals surface area contributed by atoms with E-state index in [1.165, 1.54) is 122 Å². The largest absolute Gasteiger partial charge is 0.466 e. The fraction of sp³-hybridized carbons (Fsp3) is 0.884. The van der Waals surface area contributed by atoms with Gasteiger partial charge in [0.15, 0.2) is 0 Å². The van der Waals surface area contributed by atoms with Crippen LogP contribution in [0.4, 0.5) is 0 Å². The zero-order valence-electron chi connectivity index (χ0n) is 52.7. The number of ether oxygens (including phenoxy) is 6. The summed E-state index contributed by atoms with van der Waals surface area (Å²) >= 11 is 0. The second kappa shape index (κ2) is 32.8. The minimum absolute atomic E-state index is 0. The minimum Gasteiger partial charge on any atom is -0.466 e. The topological polar surface area (TPSA) is 192 Å². The first kappa shape index (κ1) is 69.9. The van der Waals surface area contributed by atoms with Gasteiger partial charge in [-0.15, -0.1) is 0 Å². The van der Waals surface area contributed by atoms with E-state index < -0.39 is 23.9 Å². The summed E-state index contributed by atoms with van der Waals surface area (Å²) in [6.45, 7) is 22.8. The van der Waals surface area contributed by atoms with Crippen LogP contribution in [0, 0.1) is 101 Å². The summed E-state index contributed by atoms with van der Waals surface area (Å²) in [5.74, 6) is 5.24. The smallest absolute Gasteiger partial charge is 0.317 e. The van der Waals surface area contributed by atoms with Gasteiger partial charge in [-0.2, -0.15) is 0 Å². The summed E-state index contributed by atoms with van der Waals surface area (Å²) in [4.78, 5) is 90.3. The molecule has 2 heterocycles. The second-order valence-corrected chi connectivity index (χ2v) is 27.8. The first-order valence-electron chi connectivity index (χ1n) is 33.3. The SMILES string of the molecule is C.CC(=O)OCCCCOC(=O)C1CC2CC1C(C)C2C.CC1C(=O)OC(=O)C1C.CC1C(=O)OC(=O)C1C.CC1C2CC(C(=O)OC3(C4CCCCC4)CCCC3)C(C2)C1C.CCCC(C)CCC(=O)OC1(C2CCCCC2)CCCC1. The second-order valence-electron chi connectivity index (χ2n) is 27.8. The maximum Gasteiger partial charge on any atom is 0.317 e. The Morgan fingerprint density at radius 2 is 0.892 bits per heavy atom. The van der Waals surface area contributed by atoms with E-state index in [9.17, 15) is 38.4 Å². The van der Waals surface area contributed by atoms with Gasteiger partial charge in [0.05, 0.1) is 48.7 Å². The van der Waals surface area contributed by atoms with Crippen LogP contribution in [0.3, 0.4) is 0 Å². The van der Waals surface area contributed by atoms with Crippen LogP contribution in [-0.4, -0.2) is 72.2 Å². The molecule has 15 atom stereocenters. The molecule has 0 aromatic carbocycles. The third kappa shape index (κ3) is 18.4. The zero-order valence-corrected chi connectivity index (χ0v) is 52.7. The Bertz CT molecular complexity index is 2030. The van der Waals surface area contributed by atoms with E-state index in [-0.39, 0.29) is 78.0 Å². The lowest BCUT2D eigenvalue weighted by Crippen LogP contribution is -2.44. The predicted octanol–water partition coefficient (Wildman–Crippen LogP) is 15.1. The van der Waals surface area contributed by atoms with Crippen molar-refractivity contribution in [3.05, 3.63) is 0 Å². The van der Waals surface area contributed by atoms with Crippen LogP contribution in [0.15, 0.2) is 0 Å². The Morgan fingerprint density at radius 3 is 1.24 bits per heavy atom. The molecule has 10 aliphatic rings. The Kier molecular flexibility index (Phi) is 27.6. The van der Waals surface area contributed by atoms with Crippen molar-refractivity contribution in [2.45, 2.75) is 275 Å². The molecule has 474 valence electrons. The lowest BCUT2D eigenvalue weighted by atomic mass is 9.74. The summed E-state index contributed by atoms with van der Waals surface area (Å²) in [6.07, 6.45) is 32.9. The molecule has 2 saturated heterocycles. The molecule has 0 N–H and O–H groups in total. The first-order chi connectivity index (χ1) is 39.0. The number of hydrogen-bond acceptors (Lipinski definition) is 14. The predicted molar refractivity (Wildman–Crippen MR) is 320 cm³/mol. The molecular formula is C69H114O14. The van der Waals surface area contributed by atoms with E-state index in [0.29, 0.717) is 61.1 Å². The molecule has 10 rings (SSSR count). The molecule has 0 aromatic rings. The number of esters is 8. The highest BCUT2D eigenvalue weighted by Gasteiger charge is 2.55. The van der Waals surface area contributed by atoms with Gasteiger partial charge in [0.2, 0.25) is 0 Å². The lowest BCUT2D eigenvalue weighted by Gasteiger charge is -2.41. The molecule has 83 heavy (non-hydrogen) atoms. The average molecular weight is 1170 g/mol. The Hall–Kier alpha value is -3.84. The molecule has 0 amide bonds. The van der Waals surface area contributed by atoms with E-state index in [0.717, 1.165) is 81.5 Å². The van der Waals surface area contributed by atoms with E-state index in [2.05, 4.69) is 51.0 Å². The minimum atomic E-state index is -0.396. The fourth-order valence-electron chi connectivity index (χ4n) is 16.5. The monoisotopic (exact) mass is 1170 g/mol. The number of rotatable bonds is 16. The molecule has 10 fully saturated rings. The van der Waals surface area contributed by atoms with Gasteiger partial charge < -0.3 is 28.4 Å². The van der Waals surface area contributed by atoms with Crippen LogP contribution in [0.1, 0.15) is 263 Å². The molecule has 4 bridgehead atoms. The van der Waals surface area contributed by atoms with Crippen molar-refractivity contribution >= 4 is 47.8 Å². The van der Waals surface area contributed by atoms with Crippen molar-refractivity contribution in [1.82, 2.24) is 0 Å². The van der Waals surface area contributed by atoms with Crippen LogP contribution < -0.4 is 0 Å². The van der Waals surface area contributed by atoms with E-state index in [4.69, 9.17) is 18.9 Å². The van der Waals surface area contributed by atoms with Crippen molar-refractivity contribution in [3.63, 3.8) is 0 Å². The summed E-state index contributed by atoms with van der Waals surface area (Å²) < 4.78 is 31.4. The van der Waals surface area contributed by atoms with Crippen molar-refractivity contribution in [1.29, 1.82) is 0 Å². The van der Waals surface area contributed by atoms with Crippen molar-refractivity contribution in [2.75, 3.05) is 13.2 Å². The average Bonchev–Trinajstić information content (AvgIpc) is 4.02. The molecule has 0 aromatic heterocycles. The summed E-state index contributed by atoms with van der Waals surface area (Å²) in [7, 11) is 0. The van der Waals surface area contributed by atoms with Gasteiger partial charge in [0.25, 0.3) is 0 Å². The lowest BCUT2D eigenvalue weighted by molar-refractivity contribution is -0.175. The van der Waals surface area contributed by atoms with Gasteiger partial charge >= 0.3 is 47.8 Å². The summed E-state index contributed by atoms with van der Waals surface area (Å²) in [5, 5.41) is 0. The van der Waals surface area contributed by atoms with Crippen molar-refractivity contribution in [3.8, 4) is 0 Å². The van der Waals surface area contributed by atoms with Crippen LogP contribution in [0.5, 0.6) is 0 Å². The third-order valence-electron chi connectivity index (χ3n) is 22.7. The fourth-order valence-corrected chi connectivity index (χ4v) is 16.5. The summed E-state index contributed by atoms with van der Waals surface area (Å²) in [5.41, 5.74) is -0.153. The number of fused-ring (bicyclic) bond motifs is 4. The van der Waals surface area contributed by atoms with Gasteiger partial charge in [-0.3, -0.25) is 38.4 Å². The Balaban J connectivity index is 0.000000198. The number of unbranched alkanes of at least 4 members (excludes halogenated alkanes) is 1. The first-order valence-corrected chi connectivity index (χ1v) is 33.3. The number of carbonyl (C=O) groups excluding carboxylic acids is 8. The van der Waals surface area contributed by atoms with Gasteiger partial charge in [0.1, 0.15) is 11.2 Å². The van der Waals surface area contributed by atoms with Crippen molar-refractivity contribution in [2.24, 2.45) is 101 Å². The Morgan fingerprint density at radius 1 is 0.506 bits per heavy atom. The van der Waals surface area contributed by atoms with Crippen LogP contribution in [-0.2, 0) is 66.8 Å². The highest BCUT2D eigenvalue weighted by Crippen LogP contribution is 2.57. The maximum atomic E-state index is 13.1. The number of carbonyl (C=O) groups is 8. The quantitative estimate of drug-likeness (QED) is 0.0613. The zero-order chi connectivity index (χ0) is 59.9. The molecule has 14 heteroatoms. The van der Waals surface area contributed by atoms with E-state index >= 15 is 0 Å².